The molecule has 30 heavy (non-hydrogen) atoms. The third-order valence-electron chi connectivity index (χ3n) is 4.13. The van der Waals surface area contributed by atoms with Gasteiger partial charge in [0.15, 0.2) is 0 Å². The van der Waals surface area contributed by atoms with E-state index in [1.54, 1.807) is 60.7 Å². The molecule has 1 amide bonds. The summed E-state index contributed by atoms with van der Waals surface area (Å²) in [6.45, 7) is 1.90. The summed E-state index contributed by atoms with van der Waals surface area (Å²) in [6, 6.07) is 19.0. The second kappa shape index (κ2) is 9.84. The molecule has 0 heterocycles. The lowest BCUT2D eigenvalue weighted by Gasteiger charge is -2.08. The Bertz CT molecular complexity index is 1110. The van der Waals surface area contributed by atoms with Crippen LogP contribution in [-0.2, 0) is 0 Å². The molecule has 0 bridgehead atoms. The van der Waals surface area contributed by atoms with Crippen LogP contribution in [0.1, 0.15) is 31.8 Å². The summed E-state index contributed by atoms with van der Waals surface area (Å²) >= 11 is 3.39. The molecule has 3 aromatic rings. The van der Waals surface area contributed by atoms with Gasteiger partial charge < -0.3 is 9.47 Å². The summed E-state index contributed by atoms with van der Waals surface area (Å²) in [5, 5.41) is 3.99. The van der Waals surface area contributed by atoms with Crippen molar-refractivity contribution in [3.8, 4) is 11.5 Å². The first-order valence-electron chi connectivity index (χ1n) is 9.02. The number of aryl methyl sites for hydroxylation is 1. The Morgan fingerprint density at radius 2 is 1.77 bits per heavy atom. The number of hydrogen-bond donors (Lipinski definition) is 1. The Morgan fingerprint density at radius 1 is 1.00 bits per heavy atom. The number of benzene rings is 3. The Hall–Kier alpha value is -3.45. The fourth-order valence-corrected chi connectivity index (χ4v) is 3.01. The normalized spacial score (nSPS) is 10.6. The maximum absolute atomic E-state index is 12.5. The molecule has 152 valence electrons. The van der Waals surface area contributed by atoms with E-state index in [9.17, 15) is 9.59 Å². The van der Waals surface area contributed by atoms with Crippen molar-refractivity contribution in [2.45, 2.75) is 6.92 Å². The molecule has 1 N–H and O–H groups in total. The van der Waals surface area contributed by atoms with Crippen LogP contribution in [0.4, 0.5) is 0 Å². The summed E-state index contributed by atoms with van der Waals surface area (Å²) in [7, 11) is 1.53. The molecule has 0 saturated carbocycles. The van der Waals surface area contributed by atoms with Crippen LogP contribution in [0.5, 0.6) is 11.5 Å². The van der Waals surface area contributed by atoms with Gasteiger partial charge in [-0.15, -0.1) is 0 Å². The maximum Gasteiger partial charge on any atom is 0.343 e. The largest absolute Gasteiger partial charge is 0.497 e. The van der Waals surface area contributed by atoms with Gasteiger partial charge in [0, 0.05) is 15.6 Å². The number of esters is 1. The van der Waals surface area contributed by atoms with Gasteiger partial charge in [-0.05, 0) is 55.5 Å². The van der Waals surface area contributed by atoms with Crippen molar-refractivity contribution >= 4 is 34.0 Å². The van der Waals surface area contributed by atoms with Gasteiger partial charge >= 0.3 is 5.97 Å². The average molecular weight is 467 g/mol. The zero-order valence-corrected chi connectivity index (χ0v) is 18.0. The van der Waals surface area contributed by atoms with Crippen LogP contribution in [-0.4, -0.2) is 25.2 Å². The Kier molecular flexibility index (Phi) is 6.98. The molecule has 0 aliphatic carbocycles. The van der Waals surface area contributed by atoms with E-state index in [0.29, 0.717) is 28.2 Å². The van der Waals surface area contributed by atoms with Gasteiger partial charge in [-0.25, -0.2) is 10.2 Å². The van der Waals surface area contributed by atoms with Crippen molar-refractivity contribution in [3.63, 3.8) is 0 Å². The van der Waals surface area contributed by atoms with Crippen LogP contribution < -0.4 is 14.9 Å². The number of amides is 1. The standard InChI is InChI=1S/C23H19BrN2O4/c1-15-5-3-7-17(11-15)23(28)30-21-10-9-19(24)12-18(21)14-25-26-22(27)16-6-4-8-20(13-16)29-2/h3-14H,1-2H3,(H,26,27)/b25-14-. The molecule has 6 nitrogen and oxygen atoms in total. The van der Waals surface area contributed by atoms with Crippen LogP contribution in [0.25, 0.3) is 0 Å². The van der Waals surface area contributed by atoms with E-state index in [4.69, 9.17) is 9.47 Å². The second-order valence-electron chi connectivity index (χ2n) is 6.37. The number of carbonyl (C=O) groups excluding carboxylic acids is 2. The number of nitrogens with zero attached hydrogens (tertiary/aromatic N) is 1. The maximum atomic E-state index is 12.5. The third kappa shape index (κ3) is 5.55. The molecule has 0 spiro atoms. The number of carbonyl (C=O) groups is 2. The number of rotatable bonds is 6. The first-order chi connectivity index (χ1) is 14.5. The molecular weight excluding hydrogens is 448 g/mol. The highest BCUT2D eigenvalue weighted by atomic mass is 79.9. The van der Waals surface area contributed by atoms with Crippen molar-refractivity contribution in [1.29, 1.82) is 0 Å². The number of methoxy groups -OCH3 is 1. The minimum absolute atomic E-state index is 0.323. The van der Waals surface area contributed by atoms with Crippen LogP contribution >= 0.6 is 15.9 Å². The summed E-state index contributed by atoms with van der Waals surface area (Å²) in [6.07, 6.45) is 1.42. The topological polar surface area (TPSA) is 77.0 Å². The molecule has 0 fully saturated rings. The van der Waals surface area contributed by atoms with Crippen LogP contribution in [0.3, 0.4) is 0 Å². The van der Waals surface area contributed by atoms with Gasteiger partial charge in [-0.1, -0.05) is 39.7 Å². The predicted octanol–water partition coefficient (Wildman–Crippen LogP) is 4.75. The first-order valence-corrected chi connectivity index (χ1v) is 9.81. The quantitative estimate of drug-likeness (QED) is 0.246. The molecule has 0 aromatic heterocycles. The van der Waals surface area contributed by atoms with Gasteiger partial charge in [-0.3, -0.25) is 4.79 Å². The molecule has 0 aliphatic heterocycles. The summed E-state index contributed by atoms with van der Waals surface area (Å²) in [4.78, 5) is 24.7. The molecule has 0 atom stereocenters. The molecule has 0 aliphatic rings. The van der Waals surface area contributed by atoms with E-state index < -0.39 is 11.9 Å². The van der Waals surface area contributed by atoms with E-state index in [-0.39, 0.29) is 0 Å². The molecule has 0 saturated heterocycles. The van der Waals surface area contributed by atoms with E-state index in [2.05, 4.69) is 26.5 Å². The summed E-state index contributed by atoms with van der Waals surface area (Å²) in [5.74, 6) is 0.0302. The molecular formula is C23H19BrN2O4. The lowest BCUT2D eigenvalue weighted by molar-refractivity contribution is 0.0734. The highest BCUT2D eigenvalue weighted by molar-refractivity contribution is 9.10. The number of hydrogen-bond acceptors (Lipinski definition) is 5. The molecule has 7 heteroatoms. The third-order valence-corrected chi connectivity index (χ3v) is 4.62. The van der Waals surface area contributed by atoms with Crippen molar-refractivity contribution in [3.05, 3.63) is 93.5 Å². The molecule has 3 aromatic carbocycles. The smallest absolute Gasteiger partial charge is 0.343 e. The molecule has 0 unspecified atom stereocenters. The van der Waals surface area contributed by atoms with Gasteiger partial charge in [0.2, 0.25) is 0 Å². The lowest BCUT2D eigenvalue weighted by Crippen LogP contribution is -2.17. The highest BCUT2D eigenvalue weighted by Gasteiger charge is 2.12. The van der Waals surface area contributed by atoms with E-state index in [1.165, 1.54) is 13.3 Å². The predicted molar refractivity (Wildman–Crippen MR) is 118 cm³/mol. The van der Waals surface area contributed by atoms with E-state index >= 15 is 0 Å². The first kappa shape index (κ1) is 21.3. The number of nitrogens with one attached hydrogen (secondary N) is 1. The second-order valence-corrected chi connectivity index (χ2v) is 7.29. The number of ether oxygens (including phenoxy) is 2. The van der Waals surface area contributed by atoms with Crippen LogP contribution in [0, 0.1) is 6.92 Å². The number of halogens is 1. The summed E-state index contributed by atoms with van der Waals surface area (Å²) < 4.78 is 11.4. The Balaban J connectivity index is 1.74. The Labute approximate surface area is 182 Å². The SMILES string of the molecule is COc1cccc(C(=O)N/N=C\c2cc(Br)ccc2OC(=O)c2cccc(C)c2)c1. The monoisotopic (exact) mass is 466 g/mol. The molecule has 3 rings (SSSR count). The van der Waals surface area contributed by atoms with Crippen LogP contribution in [0.2, 0.25) is 0 Å². The fourth-order valence-electron chi connectivity index (χ4n) is 2.63. The zero-order chi connectivity index (χ0) is 21.5. The van der Waals surface area contributed by atoms with Gasteiger partial charge in [-0.2, -0.15) is 5.10 Å². The zero-order valence-electron chi connectivity index (χ0n) is 16.4. The van der Waals surface area contributed by atoms with Crippen molar-refractivity contribution < 1.29 is 19.1 Å². The number of hydrazone groups is 1. The van der Waals surface area contributed by atoms with Crippen LogP contribution in [0.15, 0.2) is 76.3 Å². The lowest BCUT2D eigenvalue weighted by atomic mass is 10.1. The fraction of sp³-hybridized carbons (Fsp3) is 0.0870. The average Bonchev–Trinajstić information content (AvgIpc) is 2.75. The van der Waals surface area contributed by atoms with Gasteiger partial charge in [0.25, 0.3) is 5.91 Å². The van der Waals surface area contributed by atoms with Crippen molar-refractivity contribution in [2.24, 2.45) is 5.10 Å². The van der Waals surface area contributed by atoms with Crippen molar-refractivity contribution in [2.75, 3.05) is 7.11 Å². The van der Waals surface area contributed by atoms with Gasteiger partial charge in [0.1, 0.15) is 11.5 Å². The van der Waals surface area contributed by atoms with Crippen molar-refractivity contribution in [1.82, 2.24) is 5.43 Å². The minimum Gasteiger partial charge on any atom is -0.497 e. The minimum atomic E-state index is -0.476. The molecule has 0 radical (unpaired) electrons. The van der Waals surface area contributed by atoms with E-state index in [0.717, 1.165) is 10.0 Å². The summed E-state index contributed by atoms with van der Waals surface area (Å²) in [5.41, 5.74) is 4.80. The van der Waals surface area contributed by atoms with Gasteiger partial charge in [0.05, 0.1) is 18.9 Å². The van der Waals surface area contributed by atoms with E-state index in [1.807, 2.05) is 13.0 Å². The Morgan fingerprint density at radius 3 is 2.53 bits per heavy atom. The highest BCUT2D eigenvalue weighted by Crippen LogP contribution is 2.23.